The maximum atomic E-state index is 13.0. The highest BCUT2D eigenvalue weighted by atomic mass is 16.2. The Kier molecular flexibility index (Phi) is 4.60. The lowest BCUT2D eigenvalue weighted by atomic mass is 9.96. The van der Waals surface area contributed by atoms with Crippen LogP contribution < -0.4 is 10.6 Å². The number of carbonyl (C=O) groups is 4. The maximum Gasteiger partial charge on any atom is 0.325 e. The number of nitrogens with one attached hydrogen (secondary N) is 2. The lowest BCUT2D eigenvalue weighted by molar-refractivity contribution is -0.145. The lowest BCUT2D eigenvalue weighted by Crippen LogP contribution is -2.54. The minimum absolute atomic E-state index is 0.0163. The van der Waals surface area contributed by atoms with E-state index < -0.39 is 17.6 Å². The normalized spacial score (nSPS) is 28.4. The van der Waals surface area contributed by atoms with Crippen LogP contribution in [0.5, 0.6) is 0 Å². The summed E-state index contributed by atoms with van der Waals surface area (Å²) in [4.78, 5) is 53.4. The first-order chi connectivity index (χ1) is 12.9. The van der Waals surface area contributed by atoms with Crippen molar-refractivity contribution in [2.24, 2.45) is 5.92 Å². The summed E-state index contributed by atoms with van der Waals surface area (Å²) >= 11 is 0. The third-order valence-corrected chi connectivity index (χ3v) is 6.42. The van der Waals surface area contributed by atoms with Gasteiger partial charge in [0.05, 0.1) is 5.92 Å². The number of rotatable bonds is 4. The number of hydrogen-bond donors (Lipinski definition) is 2. The van der Waals surface area contributed by atoms with Gasteiger partial charge in [-0.25, -0.2) is 9.69 Å². The molecule has 2 aliphatic heterocycles. The van der Waals surface area contributed by atoms with E-state index in [1.54, 1.807) is 11.8 Å². The van der Waals surface area contributed by atoms with Crippen molar-refractivity contribution in [2.45, 2.75) is 75.9 Å². The highest BCUT2D eigenvalue weighted by molar-refractivity contribution is 6.10. The number of piperidine rings is 1. The van der Waals surface area contributed by atoms with Crippen molar-refractivity contribution in [3.8, 4) is 0 Å². The number of amides is 5. The summed E-state index contributed by atoms with van der Waals surface area (Å²) in [5.74, 6) is -0.717. The second kappa shape index (κ2) is 6.80. The SMILES string of the molecule is CC(C(=O)N1CCCC(C(=O)NC2CC2)C1)N1C(=O)NC2(CCCC2)C1=O. The zero-order valence-corrected chi connectivity index (χ0v) is 15.8. The van der Waals surface area contributed by atoms with E-state index in [0.717, 1.165) is 43.4 Å². The summed E-state index contributed by atoms with van der Waals surface area (Å²) < 4.78 is 0. The fourth-order valence-electron chi connectivity index (χ4n) is 4.62. The van der Waals surface area contributed by atoms with Gasteiger partial charge in [0.2, 0.25) is 11.8 Å². The van der Waals surface area contributed by atoms with Crippen LogP contribution in [0.3, 0.4) is 0 Å². The van der Waals surface area contributed by atoms with E-state index in [-0.39, 0.29) is 23.6 Å². The predicted octanol–water partition coefficient (Wildman–Crippen LogP) is 0.757. The monoisotopic (exact) mass is 376 g/mol. The molecule has 8 nitrogen and oxygen atoms in total. The molecule has 2 N–H and O–H groups in total. The third-order valence-electron chi connectivity index (χ3n) is 6.42. The van der Waals surface area contributed by atoms with Crippen molar-refractivity contribution in [3.63, 3.8) is 0 Å². The largest absolute Gasteiger partial charge is 0.353 e. The van der Waals surface area contributed by atoms with Gasteiger partial charge in [0.25, 0.3) is 5.91 Å². The van der Waals surface area contributed by atoms with Gasteiger partial charge in [-0.15, -0.1) is 0 Å². The van der Waals surface area contributed by atoms with Gasteiger partial charge in [0, 0.05) is 19.1 Å². The van der Waals surface area contributed by atoms with Gasteiger partial charge in [0.15, 0.2) is 0 Å². The van der Waals surface area contributed by atoms with E-state index in [4.69, 9.17) is 0 Å². The van der Waals surface area contributed by atoms with Crippen molar-refractivity contribution in [1.29, 1.82) is 0 Å². The van der Waals surface area contributed by atoms with Crippen LogP contribution in [0.1, 0.15) is 58.3 Å². The minimum atomic E-state index is -0.845. The first kappa shape index (κ1) is 18.3. The van der Waals surface area contributed by atoms with Crippen LogP contribution in [-0.4, -0.2) is 64.3 Å². The molecule has 27 heavy (non-hydrogen) atoms. The predicted molar refractivity (Wildman–Crippen MR) is 96.5 cm³/mol. The number of carbonyl (C=O) groups excluding carboxylic acids is 4. The van der Waals surface area contributed by atoms with Crippen molar-refractivity contribution in [1.82, 2.24) is 20.4 Å². The number of hydrogen-bond acceptors (Lipinski definition) is 4. The molecule has 8 heteroatoms. The molecule has 0 bridgehead atoms. The molecular formula is C19H28N4O4. The standard InChI is InChI=1S/C19H28N4O4/c1-12(23-17(26)19(21-18(23)27)8-2-3-9-19)16(25)22-10-4-5-13(11-22)15(24)20-14-6-7-14/h12-14H,2-11H2,1H3,(H,20,24)(H,21,27). The summed E-state index contributed by atoms with van der Waals surface area (Å²) in [6.07, 6.45) is 6.69. The Morgan fingerprint density at radius 3 is 2.52 bits per heavy atom. The van der Waals surface area contributed by atoms with Crippen molar-refractivity contribution >= 4 is 23.8 Å². The Morgan fingerprint density at radius 1 is 1.15 bits per heavy atom. The smallest absolute Gasteiger partial charge is 0.325 e. The second-order valence-electron chi connectivity index (χ2n) is 8.48. The molecule has 0 aromatic heterocycles. The molecule has 2 atom stereocenters. The summed E-state index contributed by atoms with van der Waals surface area (Å²) in [5.41, 5.74) is -0.805. The Balaban J connectivity index is 1.41. The zero-order chi connectivity index (χ0) is 19.2. The minimum Gasteiger partial charge on any atom is -0.353 e. The molecule has 2 aliphatic carbocycles. The molecule has 4 fully saturated rings. The van der Waals surface area contributed by atoms with E-state index in [2.05, 4.69) is 10.6 Å². The van der Waals surface area contributed by atoms with Crippen LogP contribution in [0.2, 0.25) is 0 Å². The summed E-state index contributed by atoms with van der Waals surface area (Å²) in [6.45, 7) is 2.53. The van der Waals surface area contributed by atoms with Gasteiger partial charge in [-0.05, 0) is 45.4 Å². The van der Waals surface area contributed by atoms with Crippen LogP contribution in [-0.2, 0) is 14.4 Å². The van der Waals surface area contributed by atoms with Crippen molar-refractivity contribution < 1.29 is 19.2 Å². The average molecular weight is 376 g/mol. The van der Waals surface area contributed by atoms with Gasteiger partial charge < -0.3 is 15.5 Å². The van der Waals surface area contributed by atoms with E-state index in [1.165, 1.54) is 0 Å². The fourth-order valence-corrected chi connectivity index (χ4v) is 4.62. The van der Waals surface area contributed by atoms with Crippen LogP contribution >= 0.6 is 0 Å². The first-order valence-corrected chi connectivity index (χ1v) is 10.2. The molecule has 4 aliphatic rings. The van der Waals surface area contributed by atoms with Crippen LogP contribution in [0, 0.1) is 5.92 Å². The summed E-state index contributed by atoms with van der Waals surface area (Å²) in [7, 11) is 0. The molecule has 4 rings (SSSR count). The first-order valence-electron chi connectivity index (χ1n) is 10.2. The molecule has 2 unspecified atom stereocenters. The Bertz CT molecular complexity index is 669. The molecule has 0 radical (unpaired) electrons. The van der Waals surface area contributed by atoms with Gasteiger partial charge in [-0.1, -0.05) is 12.8 Å². The van der Waals surface area contributed by atoms with E-state index in [9.17, 15) is 19.2 Å². The number of urea groups is 1. The molecule has 0 aromatic carbocycles. The molecule has 1 spiro atoms. The fraction of sp³-hybridized carbons (Fsp3) is 0.789. The number of imide groups is 1. The van der Waals surface area contributed by atoms with Gasteiger partial charge in [-0.2, -0.15) is 0 Å². The molecule has 0 aromatic rings. The molecule has 148 valence electrons. The topological polar surface area (TPSA) is 98.8 Å². The van der Waals surface area contributed by atoms with E-state index in [1.807, 2.05) is 0 Å². The summed E-state index contributed by atoms with van der Waals surface area (Å²) in [6, 6.07) is -1.01. The highest BCUT2D eigenvalue weighted by Crippen LogP contribution is 2.36. The average Bonchev–Trinajstić information content (AvgIpc) is 3.29. The van der Waals surface area contributed by atoms with Crippen LogP contribution in [0.25, 0.3) is 0 Å². The molecule has 2 saturated heterocycles. The number of likely N-dealkylation sites (tertiary alicyclic amines) is 1. The maximum absolute atomic E-state index is 13.0. The van der Waals surface area contributed by atoms with E-state index in [0.29, 0.717) is 32.0 Å². The van der Waals surface area contributed by atoms with Gasteiger partial charge >= 0.3 is 6.03 Å². The molecule has 5 amide bonds. The molecule has 2 saturated carbocycles. The number of nitrogens with zero attached hydrogens (tertiary/aromatic N) is 2. The quantitative estimate of drug-likeness (QED) is 0.708. The highest BCUT2D eigenvalue weighted by Gasteiger charge is 2.55. The van der Waals surface area contributed by atoms with E-state index >= 15 is 0 Å². The Hall–Kier alpha value is -2.12. The van der Waals surface area contributed by atoms with Gasteiger partial charge in [0.1, 0.15) is 11.6 Å². The van der Waals surface area contributed by atoms with Gasteiger partial charge in [-0.3, -0.25) is 14.4 Å². The van der Waals surface area contributed by atoms with Crippen LogP contribution in [0.4, 0.5) is 4.79 Å². The lowest BCUT2D eigenvalue weighted by Gasteiger charge is -2.35. The second-order valence-corrected chi connectivity index (χ2v) is 8.48. The van der Waals surface area contributed by atoms with Crippen molar-refractivity contribution in [3.05, 3.63) is 0 Å². The van der Waals surface area contributed by atoms with Crippen LogP contribution in [0.15, 0.2) is 0 Å². The molecular weight excluding hydrogens is 348 g/mol. The third kappa shape index (κ3) is 3.30. The zero-order valence-electron chi connectivity index (χ0n) is 15.8. The Morgan fingerprint density at radius 2 is 1.85 bits per heavy atom. The Labute approximate surface area is 159 Å². The molecule has 2 heterocycles. The summed E-state index contributed by atoms with van der Waals surface area (Å²) in [5, 5.41) is 5.83. The van der Waals surface area contributed by atoms with Crippen molar-refractivity contribution in [2.75, 3.05) is 13.1 Å².